The Labute approximate surface area is 301 Å². The molecule has 0 aliphatic carbocycles. The Bertz CT molecular complexity index is 2080. The predicted molar refractivity (Wildman–Crippen MR) is 185 cm³/mol. The number of nitrogens with zero attached hydrogens (tertiary/aromatic N) is 4. The maximum atomic E-state index is 10.3. The lowest BCUT2D eigenvalue weighted by molar-refractivity contribution is -0.387. The van der Waals surface area contributed by atoms with Gasteiger partial charge in [0.15, 0.2) is 51.7 Å². The summed E-state index contributed by atoms with van der Waals surface area (Å²) >= 11 is 0. The van der Waals surface area contributed by atoms with E-state index in [0.29, 0.717) is 11.1 Å². The van der Waals surface area contributed by atoms with Crippen LogP contribution in [0.15, 0.2) is 84.9 Å². The van der Waals surface area contributed by atoms with Gasteiger partial charge in [-0.05, 0) is 73.5 Å². The molecule has 0 heterocycles. The van der Waals surface area contributed by atoms with Gasteiger partial charge in [0.2, 0.25) is 5.75 Å². The van der Waals surface area contributed by atoms with Crippen molar-refractivity contribution in [1.82, 2.24) is 0 Å². The summed E-state index contributed by atoms with van der Waals surface area (Å²) in [6, 6.07) is 17.7. The first-order valence-corrected chi connectivity index (χ1v) is 14.2. The molecule has 5 aromatic carbocycles. The lowest BCUT2D eigenvalue weighted by Crippen LogP contribution is -1.89. The van der Waals surface area contributed by atoms with Crippen molar-refractivity contribution in [3.63, 3.8) is 0 Å². The Kier molecular flexibility index (Phi) is 16.0. The number of phenols is 10. The summed E-state index contributed by atoms with van der Waals surface area (Å²) in [5.41, 5.74) is -0.950. The molecule has 54 heavy (non-hydrogen) atoms. The summed E-state index contributed by atoms with van der Waals surface area (Å²) < 4.78 is 0. The van der Waals surface area contributed by atoms with E-state index in [9.17, 15) is 40.5 Å². The van der Waals surface area contributed by atoms with Crippen molar-refractivity contribution in [3.8, 4) is 57.5 Å². The molecule has 0 radical (unpaired) electrons. The third-order valence-corrected chi connectivity index (χ3v) is 6.03. The Balaban J connectivity index is 0.000000339. The van der Waals surface area contributed by atoms with Crippen LogP contribution in [0.3, 0.4) is 0 Å². The summed E-state index contributed by atoms with van der Waals surface area (Å²) in [6.07, 6.45) is 0. The first-order valence-electron chi connectivity index (χ1n) is 14.2. The Morgan fingerprint density at radius 2 is 0.778 bits per heavy atom. The number of para-hydroxylation sites is 3. The molecule has 0 fully saturated rings. The summed E-state index contributed by atoms with van der Waals surface area (Å²) in [5, 5.41) is 129. The number of hydrogen-bond donors (Lipinski definition) is 10. The predicted octanol–water partition coefficient (Wildman–Crippen LogP) is 5.74. The standard InChI is InChI=1S/2C7H7NO4.2C6H5NO4.C6H6O2/c1-4-2-5(9)7(8(11)12)6(10)3-4;1-4-2-5(8(11)12)7(10)6(9)3-4;8-5-2-1-4(7(10)11)3-6(5)9;8-4-2-1-3-5(9)6(4)7(10)11;7-5-3-1-2-4-6(5)8/h2*2-3,9-10H,1H3;2*1-3,8-9H;1-4,7-8H. The summed E-state index contributed by atoms with van der Waals surface area (Å²) in [6.45, 7) is 3.20. The number of non-ortho nitro benzene ring substituents is 1. The smallest absolute Gasteiger partial charge is 0.351 e. The van der Waals surface area contributed by atoms with Crippen molar-refractivity contribution < 1.29 is 70.8 Å². The second kappa shape index (κ2) is 19.8. The molecule has 0 aliphatic heterocycles. The normalized spacial score (nSPS) is 9.52. The van der Waals surface area contributed by atoms with Gasteiger partial charge in [-0.3, -0.25) is 40.5 Å². The average Bonchev–Trinajstić information content (AvgIpc) is 3.05. The number of benzene rings is 5. The number of phenolic OH excluding ortho intramolecular Hbond substituents is 10. The molecule has 0 atom stereocenters. The zero-order chi connectivity index (χ0) is 41.4. The van der Waals surface area contributed by atoms with Crippen molar-refractivity contribution in [2.75, 3.05) is 0 Å². The highest BCUT2D eigenvalue weighted by Crippen LogP contribution is 2.37. The van der Waals surface area contributed by atoms with E-state index < -0.39 is 77.0 Å². The minimum absolute atomic E-state index is 0.0764. The molecule has 5 rings (SSSR count). The van der Waals surface area contributed by atoms with Crippen LogP contribution < -0.4 is 0 Å². The van der Waals surface area contributed by atoms with Gasteiger partial charge in [-0.15, -0.1) is 0 Å². The van der Waals surface area contributed by atoms with Crippen LogP contribution in [-0.4, -0.2) is 70.8 Å². The first kappa shape index (κ1) is 43.7. The van der Waals surface area contributed by atoms with E-state index in [2.05, 4.69) is 0 Å². The van der Waals surface area contributed by atoms with Gasteiger partial charge in [-0.1, -0.05) is 18.2 Å². The lowest BCUT2D eigenvalue weighted by atomic mass is 10.2. The highest BCUT2D eigenvalue weighted by atomic mass is 16.6. The monoisotopic (exact) mass is 758 g/mol. The molecule has 0 amide bonds. The van der Waals surface area contributed by atoms with Crippen LogP contribution in [0, 0.1) is 54.3 Å². The average molecular weight is 759 g/mol. The van der Waals surface area contributed by atoms with E-state index in [0.717, 1.165) is 30.3 Å². The fraction of sp³-hybridized carbons (Fsp3) is 0.0625. The molecule has 0 saturated carbocycles. The van der Waals surface area contributed by atoms with Crippen molar-refractivity contribution >= 4 is 22.7 Å². The molecule has 5 aromatic rings. The molecule has 0 bridgehead atoms. The van der Waals surface area contributed by atoms with Crippen LogP contribution in [0.2, 0.25) is 0 Å². The van der Waals surface area contributed by atoms with Gasteiger partial charge >= 0.3 is 17.1 Å². The molecular weight excluding hydrogens is 728 g/mol. The highest BCUT2D eigenvalue weighted by molar-refractivity contribution is 5.58. The molecule has 22 nitrogen and oxygen atoms in total. The summed E-state index contributed by atoms with van der Waals surface area (Å²) in [5.74, 6) is -4.26. The van der Waals surface area contributed by atoms with Gasteiger partial charge < -0.3 is 51.1 Å². The zero-order valence-electron chi connectivity index (χ0n) is 27.6. The molecule has 286 valence electrons. The minimum Gasteiger partial charge on any atom is -0.504 e. The number of nitro groups is 4. The van der Waals surface area contributed by atoms with E-state index in [-0.39, 0.29) is 22.9 Å². The van der Waals surface area contributed by atoms with Crippen LogP contribution in [0.25, 0.3) is 0 Å². The lowest BCUT2D eigenvalue weighted by Gasteiger charge is -1.99. The second-order valence-corrected chi connectivity index (χ2v) is 10.1. The van der Waals surface area contributed by atoms with Gasteiger partial charge in [-0.25, -0.2) is 0 Å². The largest absolute Gasteiger partial charge is 0.504 e. The fourth-order valence-corrected chi connectivity index (χ4v) is 3.60. The summed E-state index contributed by atoms with van der Waals surface area (Å²) in [4.78, 5) is 37.6. The second-order valence-electron chi connectivity index (χ2n) is 10.1. The quantitative estimate of drug-likeness (QED) is 0.0593. The minimum atomic E-state index is -0.843. The van der Waals surface area contributed by atoms with E-state index in [1.807, 2.05) is 0 Å². The van der Waals surface area contributed by atoms with E-state index >= 15 is 0 Å². The van der Waals surface area contributed by atoms with Gasteiger partial charge in [0, 0.05) is 12.1 Å². The number of nitro benzene ring substituents is 4. The summed E-state index contributed by atoms with van der Waals surface area (Å²) in [7, 11) is 0. The van der Waals surface area contributed by atoms with Gasteiger partial charge in [-0.2, -0.15) is 0 Å². The first-order chi connectivity index (χ1) is 25.1. The van der Waals surface area contributed by atoms with Gasteiger partial charge in [0.1, 0.15) is 0 Å². The van der Waals surface area contributed by atoms with Crippen LogP contribution in [0.5, 0.6) is 57.5 Å². The number of aryl methyl sites for hydroxylation is 2. The number of aromatic hydroxyl groups is 10. The molecule has 0 aliphatic rings. The maximum absolute atomic E-state index is 10.3. The Morgan fingerprint density at radius 1 is 0.389 bits per heavy atom. The van der Waals surface area contributed by atoms with Gasteiger partial charge in [0.05, 0.1) is 25.8 Å². The van der Waals surface area contributed by atoms with Crippen molar-refractivity contribution in [3.05, 3.63) is 137 Å². The number of rotatable bonds is 4. The van der Waals surface area contributed by atoms with Crippen LogP contribution >= 0.6 is 0 Å². The molecule has 0 aromatic heterocycles. The van der Waals surface area contributed by atoms with Crippen LogP contribution in [-0.2, 0) is 0 Å². The van der Waals surface area contributed by atoms with Crippen molar-refractivity contribution in [2.24, 2.45) is 0 Å². The maximum Gasteiger partial charge on any atom is 0.351 e. The fourth-order valence-electron chi connectivity index (χ4n) is 3.60. The molecule has 10 N–H and O–H groups in total. The molecule has 22 heteroatoms. The van der Waals surface area contributed by atoms with Crippen molar-refractivity contribution in [1.29, 1.82) is 0 Å². The SMILES string of the molecule is Cc1cc(O)c(O)c([N+](=O)[O-])c1.Cc1cc(O)c([N+](=O)[O-])c(O)c1.O=[N+]([O-])c1c(O)cccc1O.O=[N+]([O-])c1ccc(O)c(O)c1.Oc1ccccc1O. The molecule has 0 saturated heterocycles. The molecule has 0 spiro atoms. The van der Waals surface area contributed by atoms with Gasteiger partial charge in [0.25, 0.3) is 5.69 Å². The van der Waals surface area contributed by atoms with Crippen LogP contribution in [0.4, 0.5) is 22.7 Å². The zero-order valence-corrected chi connectivity index (χ0v) is 27.6. The molecule has 0 unspecified atom stereocenters. The van der Waals surface area contributed by atoms with E-state index in [4.69, 9.17) is 51.1 Å². The third kappa shape index (κ3) is 13.2. The highest BCUT2D eigenvalue weighted by Gasteiger charge is 2.20. The topological polar surface area (TPSA) is 375 Å². The Hall–Kier alpha value is -8.30. The van der Waals surface area contributed by atoms with Crippen LogP contribution in [0.1, 0.15) is 11.1 Å². The molecular formula is C32H30N4O18. The third-order valence-electron chi connectivity index (χ3n) is 6.03. The van der Waals surface area contributed by atoms with E-state index in [1.165, 1.54) is 42.5 Å². The Morgan fingerprint density at radius 3 is 1.15 bits per heavy atom. The van der Waals surface area contributed by atoms with Crippen molar-refractivity contribution in [2.45, 2.75) is 13.8 Å². The van der Waals surface area contributed by atoms with E-state index in [1.54, 1.807) is 26.0 Å². The number of hydrogen-bond acceptors (Lipinski definition) is 18.